The summed E-state index contributed by atoms with van der Waals surface area (Å²) in [5.41, 5.74) is 7.28. The summed E-state index contributed by atoms with van der Waals surface area (Å²) < 4.78 is 5.17. The molecule has 0 saturated heterocycles. The Morgan fingerprint density at radius 1 is 1.43 bits per heavy atom. The van der Waals surface area contributed by atoms with Gasteiger partial charge in [0.2, 0.25) is 0 Å². The number of nitrogen functional groups attached to an aromatic ring is 1. The van der Waals surface area contributed by atoms with Crippen LogP contribution in [-0.2, 0) is 0 Å². The van der Waals surface area contributed by atoms with E-state index in [1.54, 1.807) is 6.20 Å². The van der Waals surface area contributed by atoms with Crippen LogP contribution < -0.4 is 5.73 Å². The number of oxazole rings is 1. The van der Waals surface area contributed by atoms with E-state index in [-0.39, 0.29) is 6.01 Å². The fourth-order valence-corrected chi connectivity index (χ4v) is 1.56. The second kappa shape index (κ2) is 3.35. The number of benzene rings is 1. The van der Waals surface area contributed by atoms with Crippen LogP contribution in [0.4, 0.5) is 6.01 Å². The molecule has 3 nitrogen and oxygen atoms in total. The lowest BCUT2D eigenvalue weighted by molar-refractivity contribution is 0.595. The van der Waals surface area contributed by atoms with Gasteiger partial charge >= 0.3 is 0 Å². The van der Waals surface area contributed by atoms with E-state index in [0.29, 0.717) is 10.8 Å². The molecule has 0 spiro atoms. The third kappa shape index (κ3) is 1.59. The van der Waals surface area contributed by atoms with Gasteiger partial charge in [0, 0.05) is 5.56 Å². The van der Waals surface area contributed by atoms with E-state index in [0.717, 1.165) is 11.1 Å². The molecule has 2 aromatic rings. The Labute approximate surface area is 86.5 Å². The van der Waals surface area contributed by atoms with Crippen LogP contribution in [0.1, 0.15) is 5.56 Å². The van der Waals surface area contributed by atoms with Crippen LogP contribution in [0.3, 0.4) is 0 Å². The van der Waals surface area contributed by atoms with Gasteiger partial charge in [-0.1, -0.05) is 17.7 Å². The first-order valence-corrected chi connectivity index (χ1v) is 4.52. The monoisotopic (exact) mass is 208 g/mol. The molecule has 0 aliphatic carbocycles. The van der Waals surface area contributed by atoms with Crippen molar-refractivity contribution in [1.29, 1.82) is 0 Å². The summed E-state index contributed by atoms with van der Waals surface area (Å²) in [7, 11) is 0. The molecule has 14 heavy (non-hydrogen) atoms. The highest BCUT2D eigenvalue weighted by Crippen LogP contribution is 2.29. The van der Waals surface area contributed by atoms with Crippen molar-refractivity contribution in [2.24, 2.45) is 0 Å². The molecule has 72 valence electrons. The highest BCUT2D eigenvalue weighted by Gasteiger charge is 2.07. The Kier molecular flexibility index (Phi) is 2.17. The normalized spacial score (nSPS) is 10.4. The Morgan fingerprint density at radius 3 is 2.79 bits per heavy atom. The van der Waals surface area contributed by atoms with Gasteiger partial charge in [0.1, 0.15) is 0 Å². The molecule has 0 saturated carbocycles. The van der Waals surface area contributed by atoms with Gasteiger partial charge in [-0.05, 0) is 24.6 Å². The molecule has 0 fully saturated rings. The predicted octanol–water partition coefficient (Wildman–Crippen LogP) is 2.89. The second-order valence-corrected chi connectivity index (χ2v) is 3.45. The second-order valence-electron chi connectivity index (χ2n) is 3.05. The summed E-state index contributed by atoms with van der Waals surface area (Å²) in [6.45, 7) is 1.98. The van der Waals surface area contributed by atoms with E-state index in [4.69, 9.17) is 21.8 Å². The molecular weight excluding hydrogens is 200 g/mol. The summed E-state index contributed by atoms with van der Waals surface area (Å²) in [4.78, 5) is 3.81. The lowest BCUT2D eigenvalue weighted by atomic mass is 10.1. The van der Waals surface area contributed by atoms with Crippen LogP contribution >= 0.6 is 11.6 Å². The number of hydrogen-bond donors (Lipinski definition) is 1. The van der Waals surface area contributed by atoms with Crippen LogP contribution in [-0.4, -0.2) is 4.98 Å². The van der Waals surface area contributed by atoms with Gasteiger partial charge in [-0.3, -0.25) is 0 Å². The average molecular weight is 209 g/mol. The number of anilines is 1. The van der Waals surface area contributed by atoms with Crippen molar-refractivity contribution in [1.82, 2.24) is 4.98 Å². The lowest BCUT2D eigenvalue weighted by Gasteiger charge is -2.00. The number of aryl methyl sites for hydroxylation is 1. The maximum atomic E-state index is 6.04. The maximum absolute atomic E-state index is 6.04. The van der Waals surface area contributed by atoms with E-state index in [2.05, 4.69) is 4.98 Å². The summed E-state index contributed by atoms with van der Waals surface area (Å²) in [6, 6.07) is 5.87. The van der Waals surface area contributed by atoms with Crippen molar-refractivity contribution < 1.29 is 4.42 Å². The van der Waals surface area contributed by atoms with E-state index in [9.17, 15) is 0 Å². The van der Waals surface area contributed by atoms with Gasteiger partial charge in [-0.25, -0.2) is 4.98 Å². The average Bonchev–Trinajstić information content (AvgIpc) is 2.51. The zero-order chi connectivity index (χ0) is 10.1. The van der Waals surface area contributed by atoms with Crippen molar-refractivity contribution in [3.05, 3.63) is 35.0 Å². The van der Waals surface area contributed by atoms with Gasteiger partial charge < -0.3 is 10.2 Å². The molecule has 0 bridgehead atoms. The van der Waals surface area contributed by atoms with Crippen molar-refractivity contribution in [2.75, 3.05) is 5.73 Å². The standard InChI is InChI=1S/C10H9ClN2O/c1-6-2-3-7(8(11)4-6)9-5-13-10(12)14-9/h2-5H,1H3,(H2,12,13). The van der Waals surface area contributed by atoms with Crippen molar-refractivity contribution in [3.8, 4) is 11.3 Å². The predicted molar refractivity (Wildman–Crippen MR) is 56.1 cm³/mol. The first kappa shape index (κ1) is 9.09. The summed E-state index contributed by atoms with van der Waals surface area (Å²) >= 11 is 6.04. The number of aromatic nitrogens is 1. The van der Waals surface area contributed by atoms with E-state index in [1.807, 2.05) is 25.1 Å². The topological polar surface area (TPSA) is 52.0 Å². The summed E-state index contributed by atoms with van der Waals surface area (Å²) in [5, 5.41) is 0.640. The molecule has 0 atom stereocenters. The van der Waals surface area contributed by atoms with Crippen LogP contribution in [0.15, 0.2) is 28.8 Å². The highest BCUT2D eigenvalue weighted by atomic mass is 35.5. The molecule has 0 aliphatic rings. The van der Waals surface area contributed by atoms with Crippen molar-refractivity contribution >= 4 is 17.6 Å². The zero-order valence-corrected chi connectivity index (χ0v) is 8.38. The van der Waals surface area contributed by atoms with Gasteiger partial charge in [-0.15, -0.1) is 0 Å². The van der Waals surface area contributed by atoms with Gasteiger partial charge in [0.25, 0.3) is 6.01 Å². The Bertz CT molecular complexity index is 465. The van der Waals surface area contributed by atoms with Crippen LogP contribution in [0.25, 0.3) is 11.3 Å². The minimum atomic E-state index is 0.150. The quantitative estimate of drug-likeness (QED) is 0.784. The molecule has 2 N–H and O–H groups in total. The fourth-order valence-electron chi connectivity index (χ4n) is 1.23. The molecule has 0 unspecified atom stereocenters. The molecule has 0 aliphatic heterocycles. The lowest BCUT2D eigenvalue weighted by Crippen LogP contribution is -1.80. The summed E-state index contributed by atoms with van der Waals surface area (Å²) in [6.07, 6.45) is 1.56. The van der Waals surface area contributed by atoms with E-state index < -0.39 is 0 Å². The zero-order valence-electron chi connectivity index (χ0n) is 7.62. The number of hydrogen-bond acceptors (Lipinski definition) is 3. The molecule has 1 aromatic heterocycles. The molecule has 0 amide bonds. The smallest absolute Gasteiger partial charge is 0.292 e. The Balaban J connectivity index is 2.52. The molecule has 1 heterocycles. The molecule has 1 aromatic carbocycles. The number of rotatable bonds is 1. The van der Waals surface area contributed by atoms with Crippen LogP contribution in [0, 0.1) is 6.92 Å². The number of halogens is 1. The highest BCUT2D eigenvalue weighted by molar-refractivity contribution is 6.33. The summed E-state index contributed by atoms with van der Waals surface area (Å²) in [5.74, 6) is 0.590. The third-order valence-corrected chi connectivity index (χ3v) is 2.23. The molecular formula is C10H9ClN2O. The van der Waals surface area contributed by atoms with Gasteiger partial charge in [0.15, 0.2) is 5.76 Å². The molecule has 0 radical (unpaired) electrons. The van der Waals surface area contributed by atoms with Crippen LogP contribution in [0.5, 0.6) is 0 Å². The van der Waals surface area contributed by atoms with Crippen LogP contribution in [0.2, 0.25) is 5.02 Å². The minimum absolute atomic E-state index is 0.150. The molecule has 4 heteroatoms. The number of nitrogens with zero attached hydrogens (tertiary/aromatic N) is 1. The first-order valence-electron chi connectivity index (χ1n) is 4.14. The van der Waals surface area contributed by atoms with E-state index in [1.165, 1.54) is 0 Å². The fraction of sp³-hybridized carbons (Fsp3) is 0.100. The van der Waals surface area contributed by atoms with Crippen molar-refractivity contribution in [3.63, 3.8) is 0 Å². The van der Waals surface area contributed by atoms with Crippen molar-refractivity contribution in [2.45, 2.75) is 6.92 Å². The third-order valence-electron chi connectivity index (χ3n) is 1.91. The van der Waals surface area contributed by atoms with E-state index >= 15 is 0 Å². The largest absolute Gasteiger partial charge is 0.424 e. The van der Waals surface area contributed by atoms with Gasteiger partial charge in [0.05, 0.1) is 11.2 Å². The van der Waals surface area contributed by atoms with Gasteiger partial charge in [-0.2, -0.15) is 0 Å². The maximum Gasteiger partial charge on any atom is 0.292 e. The minimum Gasteiger partial charge on any atom is -0.424 e. The SMILES string of the molecule is Cc1ccc(-c2cnc(N)o2)c(Cl)c1. The Hall–Kier alpha value is -1.48. The number of nitrogens with two attached hydrogens (primary N) is 1. The molecule has 2 rings (SSSR count). The first-order chi connectivity index (χ1) is 6.66. The Morgan fingerprint density at radius 2 is 2.21 bits per heavy atom.